The van der Waals surface area contributed by atoms with Crippen LogP contribution in [0, 0.1) is 6.92 Å². The third-order valence-corrected chi connectivity index (χ3v) is 3.23. The number of aromatic nitrogens is 2. The summed E-state index contributed by atoms with van der Waals surface area (Å²) in [6.07, 6.45) is 0.417. The van der Waals surface area contributed by atoms with Crippen LogP contribution in [0.4, 0.5) is 0 Å². The fourth-order valence-electron chi connectivity index (χ4n) is 1.94. The minimum atomic E-state index is -0.561. The van der Waals surface area contributed by atoms with E-state index in [0.717, 1.165) is 0 Å². The van der Waals surface area contributed by atoms with Crippen molar-refractivity contribution in [1.82, 2.24) is 15.1 Å². The van der Waals surface area contributed by atoms with Crippen LogP contribution in [0.3, 0.4) is 0 Å². The Morgan fingerprint density at radius 2 is 2.18 bits per heavy atom. The summed E-state index contributed by atoms with van der Waals surface area (Å²) in [4.78, 5) is 24.0. The number of aliphatic hydroxyl groups is 1. The lowest BCUT2D eigenvalue weighted by Crippen LogP contribution is -2.32. The van der Waals surface area contributed by atoms with Crippen molar-refractivity contribution in [2.24, 2.45) is 0 Å². The SMILES string of the molecule is Cc1cc(=O)c(C(=O)NCCCO)nn1-c1cccc(Cl)c1. The van der Waals surface area contributed by atoms with E-state index >= 15 is 0 Å². The number of carbonyl (C=O) groups excluding carboxylic acids is 1. The number of aliphatic hydroxyl groups excluding tert-OH is 1. The van der Waals surface area contributed by atoms with Crippen molar-refractivity contribution in [2.75, 3.05) is 13.2 Å². The van der Waals surface area contributed by atoms with E-state index in [1.54, 1.807) is 31.2 Å². The number of hydrogen-bond donors (Lipinski definition) is 2. The molecule has 0 aliphatic carbocycles. The second kappa shape index (κ2) is 7.20. The first-order valence-electron chi connectivity index (χ1n) is 6.79. The molecule has 0 unspecified atom stereocenters. The van der Waals surface area contributed by atoms with Gasteiger partial charge in [0.15, 0.2) is 5.69 Å². The molecule has 0 fully saturated rings. The number of amides is 1. The molecule has 2 N–H and O–H groups in total. The van der Waals surface area contributed by atoms with Gasteiger partial charge in [0.1, 0.15) is 0 Å². The van der Waals surface area contributed by atoms with Gasteiger partial charge in [-0.15, -0.1) is 0 Å². The predicted molar refractivity (Wildman–Crippen MR) is 83.6 cm³/mol. The molecule has 0 atom stereocenters. The van der Waals surface area contributed by atoms with Crippen LogP contribution < -0.4 is 10.7 Å². The van der Waals surface area contributed by atoms with Gasteiger partial charge in [0.05, 0.1) is 5.69 Å². The summed E-state index contributed by atoms with van der Waals surface area (Å²) in [6, 6.07) is 8.32. The summed E-state index contributed by atoms with van der Waals surface area (Å²) in [7, 11) is 0. The molecule has 0 aliphatic heterocycles. The first-order valence-corrected chi connectivity index (χ1v) is 7.16. The minimum Gasteiger partial charge on any atom is -0.396 e. The van der Waals surface area contributed by atoms with Crippen molar-refractivity contribution in [3.05, 3.63) is 57.0 Å². The molecular formula is C15H16ClN3O3. The molecule has 2 rings (SSSR count). The number of rotatable bonds is 5. The molecule has 0 bridgehead atoms. The average Bonchev–Trinajstić information content (AvgIpc) is 2.47. The number of nitrogens with one attached hydrogen (secondary N) is 1. The second-order valence-corrected chi connectivity index (χ2v) is 5.16. The van der Waals surface area contributed by atoms with E-state index in [1.165, 1.54) is 10.7 Å². The summed E-state index contributed by atoms with van der Waals surface area (Å²) in [5.74, 6) is -0.561. The van der Waals surface area contributed by atoms with Crippen LogP contribution in [0.1, 0.15) is 22.6 Å². The molecule has 2 aromatic rings. The largest absolute Gasteiger partial charge is 0.396 e. The van der Waals surface area contributed by atoms with Gasteiger partial charge in [-0.05, 0) is 31.5 Å². The number of halogens is 1. The quantitative estimate of drug-likeness (QED) is 0.813. The van der Waals surface area contributed by atoms with E-state index < -0.39 is 11.3 Å². The lowest BCUT2D eigenvalue weighted by atomic mass is 10.2. The van der Waals surface area contributed by atoms with Crippen molar-refractivity contribution in [3.8, 4) is 5.69 Å². The van der Waals surface area contributed by atoms with E-state index in [0.29, 0.717) is 22.8 Å². The first kappa shape index (κ1) is 16.2. The number of aryl methyl sites for hydroxylation is 1. The fraction of sp³-hybridized carbons (Fsp3) is 0.267. The molecule has 0 radical (unpaired) electrons. The number of nitrogens with zero attached hydrogens (tertiary/aromatic N) is 2. The molecule has 1 aromatic carbocycles. The monoisotopic (exact) mass is 321 g/mol. The number of benzene rings is 1. The third-order valence-electron chi connectivity index (χ3n) is 3.00. The molecule has 0 aliphatic rings. The maximum absolute atomic E-state index is 12.0. The molecule has 7 heteroatoms. The van der Waals surface area contributed by atoms with Crippen molar-refractivity contribution in [2.45, 2.75) is 13.3 Å². The second-order valence-electron chi connectivity index (χ2n) is 4.72. The fourth-order valence-corrected chi connectivity index (χ4v) is 2.12. The van der Waals surface area contributed by atoms with Crippen molar-refractivity contribution in [3.63, 3.8) is 0 Å². The Labute approximate surface area is 132 Å². The normalized spacial score (nSPS) is 10.5. The highest BCUT2D eigenvalue weighted by Gasteiger charge is 2.14. The summed E-state index contributed by atoms with van der Waals surface area (Å²) < 4.78 is 1.49. The smallest absolute Gasteiger partial charge is 0.275 e. The Morgan fingerprint density at radius 1 is 1.41 bits per heavy atom. The van der Waals surface area contributed by atoms with Crippen LogP contribution >= 0.6 is 11.6 Å². The Bertz CT molecular complexity index is 743. The van der Waals surface area contributed by atoms with Crippen LogP contribution in [0.2, 0.25) is 5.02 Å². The average molecular weight is 322 g/mol. The predicted octanol–water partition coefficient (Wildman–Crippen LogP) is 1.31. The van der Waals surface area contributed by atoms with E-state index in [-0.39, 0.29) is 18.8 Å². The maximum Gasteiger partial charge on any atom is 0.275 e. The van der Waals surface area contributed by atoms with Gasteiger partial charge in [-0.1, -0.05) is 17.7 Å². The topological polar surface area (TPSA) is 84.2 Å². The standard InChI is InChI=1S/C15H16ClN3O3/c1-10-8-13(21)14(15(22)17-6-3-7-20)18-19(10)12-5-2-4-11(16)9-12/h2,4-5,8-9,20H,3,6-7H2,1H3,(H,17,22). The van der Waals surface area contributed by atoms with Crippen LogP contribution in [-0.2, 0) is 0 Å². The van der Waals surface area contributed by atoms with Gasteiger partial charge in [0, 0.05) is 29.9 Å². The van der Waals surface area contributed by atoms with Crippen LogP contribution in [0.15, 0.2) is 35.1 Å². The van der Waals surface area contributed by atoms with E-state index in [9.17, 15) is 9.59 Å². The molecular weight excluding hydrogens is 306 g/mol. The van der Waals surface area contributed by atoms with Gasteiger partial charge in [0.25, 0.3) is 5.91 Å². The summed E-state index contributed by atoms with van der Waals surface area (Å²) in [6.45, 7) is 1.97. The van der Waals surface area contributed by atoms with Crippen molar-refractivity contribution in [1.29, 1.82) is 0 Å². The molecule has 1 aromatic heterocycles. The highest BCUT2D eigenvalue weighted by molar-refractivity contribution is 6.30. The summed E-state index contributed by atoms with van der Waals surface area (Å²) in [5, 5.41) is 15.9. The molecule has 22 heavy (non-hydrogen) atoms. The zero-order valence-corrected chi connectivity index (χ0v) is 12.8. The summed E-state index contributed by atoms with van der Waals surface area (Å²) in [5.41, 5.74) is 0.620. The van der Waals surface area contributed by atoms with Gasteiger partial charge < -0.3 is 10.4 Å². The molecule has 0 saturated heterocycles. The molecule has 0 saturated carbocycles. The Kier molecular flexibility index (Phi) is 5.30. The van der Waals surface area contributed by atoms with E-state index in [4.69, 9.17) is 16.7 Å². The zero-order valence-electron chi connectivity index (χ0n) is 12.0. The lowest BCUT2D eigenvalue weighted by Gasteiger charge is -2.11. The highest BCUT2D eigenvalue weighted by Crippen LogP contribution is 2.15. The van der Waals surface area contributed by atoms with Crippen LogP contribution in [0.5, 0.6) is 0 Å². The van der Waals surface area contributed by atoms with Crippen LogP contribution in [0.25, 0.3) is 5.69 Å². The molecule has 6 nitrogen and oxygen atoms in total. The highest BCUT2D eigenvalue weighted by atomic mass is 35.5. The summed E-state index contributed by atoms with van der Waals surface area (Å²) >= 11 is 5.96. The molecule has 1 heterocycles. The van der Waals surface area contributed by atoms with E-state index in [2.05, 4.69) is 10.4 Å². The van der Waals surface area contributed by atoms with Gasteiger partial charge in [0.2, 0.25) is 5.43 Å². The van der Waals surface area contributed by atoms with Gasteiger partial charge >= 0.3 is 0 Å². The van der Waals surface area contributed by atoms with Crippen LogP contribution in [-0.4, -0.2) is 33.9 Å². The number of carbonyl (C=O) groups is 1. The maximum atomic E-state index is 12.0. The van der Waals surface area contributed by atoms with Gasteiger partial charge in [-0.25, -0.2) is 4.68 Å². The first-order chi connectivity index (χ1) is 10.5. The number of hydrogen-bond acceptors (Lipinski definition) is 4. The molecule has 1 amide bonds. The Hall–Kier alpha value is -2.18. The Morgan fingerprint density at radius 3 is 2.86 bits per heavy atom. The van der Waals surface area contributed by atoms with Crippen molar-refractivity contribution < 1.29 is 9.90 Å². The van der Waals surface area contributed by atoms with Gasteiger partial charge in [-0.2, -0.15) is 5.10 Å². The zero-order chi connectivity index (χ0) is 16.1. The Balaban J connectivity index is 2.39. The van der Waals surface area contributed by atoms with E-state index in [1.807, 2.05) is 0 Å². The lowest BCUT2D eigenvalue weighted by molar-refractivity contribution is 0.0943. The minimum absolute atomic E-state index is 0.0334. The molecule has 0 spiro atoms. The van der Waals surface area contributed by atoms with Gasteiger partial charge in [-0.3, -0.25) is 9.59 Å². The molecule has 116 valence electrons. The van der Waals surface area contributed by atoms with Crippen molar-refractivity contribution >= 4 is 17.5 Å². The third kappa shape index (κ3) is 3.72.